The molecule has 0 bridgehead atoms. The van der Waals surface area contributed by atoms with Gasteiger partial charge in [-0.25, -0.2) is 4.79 Å². The van der Waals surface area contributed by atoms with Crippen LogP contribution in [0.2, 0.25) is 0 Å². The number of hydrogen-bond donors (Lipinski definition) is 3. The molecule has 1 rings (SSSR count). The number of nitrogens with one attached hydrogen (secondary N) is 2. The van der Waals surface area contributed by atoms with Gasteiger partial charge in [-0.3, -0.25) is 0 Å². The van der Waals surface area contributed by atoms with Crippen LogP contribution in [0.4, 0.5) is 5.69 Å². The summed E-state index contributed by atoms with van der Waals surface area (Å²) in [4.78, 5) is 17.7. The van der Waals surface area contributed by atoms with Crippen LogP contribution in [0.3, 0.4) is 0 Å². The van der Waals surface area contributed by atoms with Gasteiger partial charge in [0.25, 0.3) is 0 Å². The van der Waals surface area contributed by atoms with Gasteiger partial charge in [0, 0.05) is 17.7 Å². The summed E-state index contributed by atoms with van der Waals surface area (Å²) in [6.07, 6.45) is 2.47. The quantitative estimate of drug-likeness (QED) is 0.661. The van der Waals surface area contributed by atoms with E-state index in [1.54, 1.807) is 6.20 Å². The fourth-order valence-electron chi connectivity index (χ4n) is 1.44. The van der Waals surface area contributed by atoms with Gasteiger partial charge >= 0.3 is 5.69 Å². The Morgan fingerprint density at radius 2 is 2.19 bits per heavy atom. The van der Waals surface area contributed by atoms with Crippen molar-refractivity contribution in [1.82, 2.24) is 9.97 Å². The van der Waals surface area contributed by atoms with Gasteiger partial charge < -0.3 is 16.0 Å². The normalized spacial score (nSPS) is 11.5. The second kappa shape index (κ2) is 5.12. The lowest BCUT2D eigenvalue weighted by Gasteiger charge is -2.22. The predicted octanol–water partition coefficient (Wildman–Crippen LogP) is 0.828. The van der Waals surface area contributed by atoms with E-state index in [0.717, 1.165) is 24.3 Å². The van der Waals surface area contributed by atoms with Gasteiger partial charge in [0.2, 0.25) is 0 Å². The number of nitrogens with zero attached hydrogens (tertiary/aromatic N) is 1. The summed E-state index contributed by atoms with van der Waals surface area (Å²) in [5.41, 5.74) is 6.75. The first kappa shape index (κ1) is 12.7. The molecule has 16 heavy (non-hydrogen) atoms. The lowest BCUT2D eigenvalue weighted by atomic mass is 9.91. The van der Waals surface area contributed by atoms with Crippen LogP contribution in [-0.2, 0) is 5.41 Å². The molecule has 1 heterocycles. The first-order valence-electron chi connectivity index (χ1n) is 5.49. The minimum absolute atomic E-state index is 0.118. The third-order valence-corrected chi connectivity index (χ3v) is 2.26. The molecule has 0 atom stereocenters. The van der Waals surface area contributed by atoms with E-state index in [2.05, 4.69) is 15.3 Å². The van der Waals surface area contributed by atoms with Crippen LogP contribution < -0.4 is 16.7 Å². The molecule has 0 spiro atoms. The number of rotatable bonds is 4. The van der Waals surface area contributed by atoms with Crippen molar-refractivity contribution >= 4 is 5.69 Å². The van der Waals surface area contributed by atoms with Crippen molar-refractivity contribution in [2.45, 2.75) is 32.6 Å². The highest BCUT2D eigenvalue weighted by atomic mass is 16.1. The van der Waals surface area contributed by atoms with Gasteiger partial charge in [-0.1, -0.05) is 20.8 Å². The largest absolute Gasteiger partial charge is 0.382 e. The van der Waals surface area contributed by atoms with Crippen LogP contribution in [0.25, 0.3) is 0 Å². The number of aromatic nitrogens is 2. The topological polar surface area (TPSA) is 83.8 Å². The van der Waals surface area contributed by atoms with E-state index in [0.29, 0.717) is 6.54 Å². The van der Waals surface area contributed by atoms with Crippen molar-refractivity contribution in [3.63, 3.8) is 0 Å². The number of hydrogen-bond acceptors (Lipinski definition) is 4. The SMILES string of the molecule is CC(C)(C)c1[nH]c(=O)ncc1NCCCN. The Morgan fingerprint density at radius 3 is 2.75 bits per heavy atom. The van der Waals surface area contributed by atoms with Gasteiger partial charge in [-0.15, -0.1) is 0 Å². The molecule has 5 nitrogen and oxygen atoms in total. The van der Waals surface area contributed by atoms with E-state index >= 15 is 0 Å². The standard InChI is InChI=1S/C11H20N4O/c1-11(2,3)9-8(13-6-4-5-12)7-14-10(16)15-9/h7,13H,4-6,12H2,1-3H3,(H,14,15,16). The summed E-state index contributed by atoms with van der Waals surface area (Å²) in [7, 11) is 0. The molecule has 0 saturated carbocycles. The van der Waals surface area contributed by atoms with Gasteiger partial charge in [0.15, 0.2) is 0 Å². The summed E-state index contributed by atoms with van der Waals surface area (Å²) < 4.78 is 0. The molecule has 1 aromatic heterocycles. The highest BCUT2D eigenvalue weighted by Crippen LogP contribution is 2.25. The van der Waals surface area contributed by atoms with Crippen molar-refractivity contribution in [1.29, 1.82) is 0 Å². The van der Waals surface area contributed by atoms with Crippen LogP contribution in [0, 0.1) is 0 Å². The van der Waals surface area contributed by atoms with Crippen LogP contribution in [0.1, 0.15) is 32.9 Å². The van der Waals surface area contributed by atoms with Crippen LogP contribution in [0.5, 0.6) is 0 Å². The summed E-state index contributed by atoms with van der Waals surface area (Å²) in [6, 6.07) is 0. The fourth-order valence-corrected chi connectivity index (χ4v) is 1.44. The van der Waals surface area contributed by atoms with Crippen molar-refractivity contribution < 1.29 is 0 Å². The first-order valence-corrected chi connectivity index (χ1v) is 5.49. The Hall–Kier alpha value is -1.36. The minimum Gasteiger partial charge on any atom is -0.382 e. The van der Waals surface area contributed by atoms with E-state index in [1.807, 2.05) is 20.8 Å². The zero-order valence-electron chi connectivity index (χ0n) is 10.1. The van der Waals surface area contributed by atoms with Gasteiger partial charge in [0.1, 0.15) is 0 Å². The highest BCUT2D eigenvalue weighted by Gasteiger charge is 2.19. The second-order valence-electron chi connectivity index (χ2n) is 4.80. The molecule has 0 aromatic carbocycles. The zero-order valence-corrected chi connectivity index (χ0v) is 10.1. The number of aromatic amines is 1. The number of anilines is 1. The summed E-state index contributed by atoms with van der Waals surface area (Å²) in [5, 5.41) is 3.24. The third-order valence-electron chi connectivity index (χ3n) is 2.26. The van der Waals surface area contributed by atoms with Crippen LogP contribution in [-0.4, -0.2) is 23.1 Å². The van der Waals surface area contributed by atoms with Crippen molar-refractivity contribution in [3.05, 3.63) is 22.4 Å². The monoisotopic (exact) mass is 224 g/mol. The predicted molar refractivity (Wildman–Crippen MR) is 65.7 cm³/mol. The molecule has 90 valence electrons. The zero-order chi connectivity index (χ0) is 12.2. The van der Waals surface area contributed by atoms with Crippen molar-refractivity contribution in [2.75, 3.05) is 18.4 Å². The van der Waals surface area contributed by atoms with Crippen LogP contribution >= 0.6 is 0 Å². The maximum Gasteiger partial charge on any atom is 0.345 e. The maximum atomic E-state index is 11.2. The average molecular weight is 224 g/mol. The molecule has 0 radical (unpaired) electrons. The van der Waals surface area contributed by atoms with E-state index in [-0.39, 0.29) is 11.1 Å². The summed E-state index contributed by atoms with van der Waals surface area (Å²) in [5.74, 6) is 0. The molecular formula is C11H20N4O. The average Bonchev–Trinajstić information content (AvgIpc) is 2.19. The Balaban J connectivity index is 2.95. The molecule has 0 amide bonds. The molecule has 1 aromatic rings. The lowest BCUT2D eigenvalue weighted by molar-refractivity contribution is 0.565. The van der Waals surface area contributed by atoms with E-state index < -0.39 is 0 Å². The Bertz CT molecular complexity index is 392. The number of H-pyrrole nitrogens is 1. The molecule has 0 saturated heterocycles. The molecule has 0 aliphatic carbocycles. The van der Waals surface area contributed by atoms with Gasteiger partial charge in [0.05, 0.1) is 11.9 Å². The minimum atomic E-state index is -0.311. The number of nitrogens with two attached hydrogens (primary N) is 1. The second-order valence-corrected chi connectivity index (χ2v) is 4.80. The van der Waals surface area contributed by atoms with Crippen molar-refractivity contribution in [3.8, 4) is 0 Å². The smallest absolute Gasteiger partial charge is 0.345 e. The van der Waals surface area contributed by atoms with Crippen molar-refractivity contribution in [2.24, 2.45) is 5.73 Å². The molecule has 0 aliphatic rings. The Morgan fingerprint density at radius 1 is 1.50 bits per heavy atom. The Labute approximate surface area is 95.5 Å². The van der Waals surface area contributed by atoms with E-state index in [4.69, 9.17) is 5.73 Å². The lowest BCUT2D eigenvalue weighted by Crippen LogP contribution is -2.24. The van der Waals surface area contributed by atoms with Gasteiger partial charge in [-0.05, 0) is 13.0 Å². The van der Waals surface area contributed by atoms with Crippen LogP contribution in [0.15, 0.2) is 11.0 Å². The molecular weight excluding hydrogens is 204 g/mol. The highest BCUT2D eigenvalue weighted by molar-refractivity contribution is 5.48. The fraction of sp³-hybridized carbons (Fsp3) is 0.636. The van der Waals surface area contributed by atoms with E-state index in [1.165, 1.54) is 0 Å². The molecule has 0 fully saturated rings. The van der Waals surface area contributed by atoms with Gasteiger partial charge in [-0.2, -0.15) is 4.98 Å². The molecule has 5 heteroatoms. The Kier molecular flexibility index (Phi) is 4.06. The summed E-state index contributed by atoms with van der Waals surface area (Å²) >= 11 is 0. The third kappa shape index (κ3) is 3.34. The van der Waals surface area contributed by atoms with E-state index in [9.17, 15) is 4.79 Å². The molecule has 0 aliphatic heterocycles. The maximum absolute atomic E-state index is 11.2. The summed E-state index contributed by atoms with van der Waals surface area (Å²) in [6.45, 7) is 7.58. The molecule has 4 N–H and O–H groups in total. The molecule has 0 unspecified atom stereocenters. The first-order chi connectivity index (χ1) is 7.45.